The normalized spacial score (nSPS) is 20.4. The lowest BCUT2D eigenvalue weighted by atomic mass is 10.0. The summed E-state index contributed by atoms with van der Waals surface area (Å²) < 4.78 is 0. The summed E-state index contributed by atoms with van der Waals surface area (Å²) in [4.78, 5) is 13.6. The topological polar surface area (TPSA) is 53.2 Å². The molecule has 1 aliphatic heterocycles. The van der Waals surface area contributed by atoms with Gasteiger partial charge in [-0.25, -0.2) is 10.9 Å². The molecule has 2 aromatic rings. The van der Waals surface area contributed by atoms with Crippen molar-refractivity contribution >= 4 is 23.4 Å². The lowest BCUT2D eigenvalue weighted by molar-refractivity contribution is -0.117. The van der Waals surface area contributed by atoms with Crippen LogP contribution >= 0.6 is 11.8 Å². The zero-order valence-electron chi connectivity index (χ0n) is 13.3. The largest absolute Gasteiger partial charge is 0.325 e. The van der Waals surface area contributed by atoms with E-state index in [9.17, 15) is 4.79 Å². The van der Waals surface area contributed by atoms with E-state index in [-0.39, 0.29) is 18.0 Å². The van der Waals surface area contributed by atoms with Crippen molar-refractivity contribution in [3.8, 4) is 0 Å². The molecule has 3 rings (SSSR count). The smallest absolute Gasteiger partial charge is 0.242 e. The molecule has 1 fully saturated rings. The Morgan fingerprint density at radius 2 is 1.96 bits per heavy atom. The fourth-order valence-electron chi connectivity index (χ4n) is 2.68. The number of nitrogens with one attached hydrogen (secondary N) is 3. The fraction of sp³-hybridized carbons (Fsp3) is 0.278. The second-order valence-corrected chi connectivity index (χ2v) is 6.64. The van der Waals surface area contributed by atoms with Gasteiger partial charge in [-0.15, -0.1) is 11.8 Å². The molecule has 5 heteroatoms. The highest BCUT2D eigenvalue weighted by Crippen LogP contribution is 2.24. The van der Waals surface area contributed by atoms with Crippen LogP contribution in [-0.2, 0) is 4.79 Å². The van der Waals surface area contributed by atoms with E-state index in [1.165, 1.54) is 11.1 Å². The SMILES string of the molecule is CSc1cccc(NC(=O)C2CC(c3ccc(C)cc3)NN2)c1. The summed E-state index contributed by atoms with van der Waals surface area (Å²) in [5, 5.41) is 2.98. The zero-order valence-corrected chi connectivity index (χ0v) is 14.1. The first-order valence-corrected chi connectivity index (χ1v) is 8.91. The lowest BCUT2D eigenvalue weighted by Crippen LogP contribution is -2.39. The van der Waals surface area contributed by atoms with Crippen LogP contribution in [-0.4, -0.2) is 18.2 Å². The Kier molecular flexibility index (Phi) is 5.00. The highest BCUT2D eigenvalue weighted by Gasteiger charge is 2.30. The maximum atomic E-state index is 12.4. The van der Waals surface area contributed by atoms with E-state index < -0.39 is 0 Å². The molecule has 120 valence electrons. The van der Waals surface area contributed by atoms with Gasteiger partial charge >= 0.3 is 0 Å². The molecule has 0 radical (unpaired) electrons. The van der Waals surface area contributed by atoms with E-state index >= 15 is 0 Å². The van der Waals surface area contributed by atoms with Gasteiger partial charge in [0, 0.05) is 16.6 Å². The molecule has 0 saturated carbocycles. The van der Waals surface area contributed by atoms with Gasteiger partial charge in [0.1, 0.15) is 6.04 Å². The highest BCUT2D eigenvalue weighted by molar-refractivity contribution is 7.98. The van der Waals surface area contributed by atoms with Crippen LogP contribution < -0.4 is 16.2 Å². The van der Waals surface area contributed by atoms with E-state index in [4.69, 9.17) is 0 Å². The van der Waals surface area contributed by atoms with Crippen LogP contribution in [0.4, 0.5) is 5.69 Å². The van der Waals surface area contributed by atoms with Crippen LogP contribution in [0, 0.1) is 6.92 Å². The number of carbonyl (C=O) groups is 1. The minimum atomic E-state index is -0.237. The van der Waals surface area contributed by atoms with Crippen LogP contribution in [0.1, 0.15) is 23.6 Å². The average molecular weight is 327 g/mol. The number of hydrogen-bond donors (Lipinski definition) is 3. The van der Waals surface area contributed by atoms with Crippen molar-refractivity contribution in [1.29, 1.82) is 0 Å². The Hall–Kier alpha value is -1.82. The quantitative estimate of drug-likeness (QED) is 0.755. The number of amides is 1. The number of rotatable bonds is 4. The number of hydrogen-bond acceptors (Lipinski definition) is 4. The maximum Gasteiger partial charge on any atom is 0.242 e. The van der Waals surface area contributed by atoms with Gasteiger partial charge in [-0.05, 0) is 43.4 Å². The van der Waals surface area contributed by atoms with Gasteiger partial charge < -0.3 is 5.32 Å². The van der Waals surface area contributed by atoms with Gasteiger partial charge in [0.2, 0.25) is 5.91 Å². The van der Waals surface area contributed by atoms with E-state index in [2.05, 4.69) is 47.4 Å². The molecule has 1 amide bonds. The minimum absolute atomic E-state index is 0.00892. The summed E-state index contributed by atoms with van der Waals surface area (Å²) in [5.74, 6) is -0.00892. The van der Waals surface area contributed by atoms with E-state index in [0.717, 1.165) is 17.0 Å². The van der Waals surface area contributed by atoms with Crippen LogP contribution in [0.25, 0.3) is 0 Å². The monoisotopic (exact) mass is 327 g/mol. The molecule has 23 heavy (non-hydrogen) atoms. The number of carbonyl (C=O) groups excluding carboxylic acids is 1. The maximum absolute atomic E-state index is 12.4. The standard InChI is InChI=1S/C18H21N3OS/c1-12-6-8-13(9-7-12)16-11-17(21-20-16)18(22)19-14-4-3-5-15(10-14)23-2/h3-10,16-17,20-21H,11H2,1-2H3,(H,19,22). The predicted molar refractivity (Wildman–Crippen MR) is 95.4 cm³/mol. The third kappa shape index (κ3) is 3.93. The summed E-state index contributed by atoms with van der Waals surface area (Å²) in [6.07, 6.45) is 2.76. The Bertz CT molecular complexity index is 687. The van der Waals surface area contributed by atoms with Gasteiger partial charge in [0.15, 0.2) is 0 Å². The molecule has 0 spiro atoms. The minimum Gasteiger partial charge on any atom is -0.325 e. The summed E-state index contributed by atoms with van der Waals surface area (Å²) in [6.45, 7) is 2.07. The lowest BCUT2D eigenvalue weighted by Gasteiger charge is -2.11. The molecule has 0 aromatic heterocycles. The predicted octanol–water partition coefficient (Wildman–Crippen LogP) is 3.26. The summed E-state index contributed by atoms with van der Waals surface area (Å²) in [6, 6.07) is 16.2. The van der Waals surface area contributed by atoms with Gasteiger partial charge in [-0.3, -0.25) is 4.79 Å². The molecule has 4 nitrogen and oxygen atoms in total. The van der Waals surface area contributed by atoms with Crippen LogP contribution in [0.5, 0.6) is 0 Å². The molecule has 2 unspecified atom stereocenters. The number of benzene rings is 2. The number of thioether (sulfide) groups is 1. The molecule has 3 N–H and O–H groups in total. The first kappa shape index (κ1) is 16.1. The number of aryl methyl sites for hydroxylation is 1. The average Bonchev–Trinajstić information content (AvgIpc) is 3.06. The van der Waals surface area contributed by atoms with Crippen molar-refractivity contribution < 1.29 is 4.79 Å². The van der Waals surface area contributed by atoms with E-state index in [0.29, 0.717) is 0 Å². The first-order valence-electron chi connectivity index (χ1n) is 7.68. The molecule has 2 atom stereocenters. The summed E-state index contributed by atoms with van der Waals surface area (Å²) >= 11 is 1.66. The Morgan fingerprint density at radius 3 is 2.70 bits per heavy atom. The number of hydrazine groups is 1. The van der Waals surface area contributed by atoms with Gasteiger partial charge in [0.25, 0.3) is 0 Å². The van der Waals surface area contributed by atoms with Crippen molar-refractivity contribution in [2.45, 2.75) is 30.3 Å². The Morgan fingerprint density at radius 1 is 1.17 bits per heavy atom. The number of anilines is 1. The van der Waals surface area contributed by atoms with Crippen LogP contribution in [0.3, 0.4) is 0 Å². The molecule has 1 heterocycles. The Balaban J connectivity index is 1.61. The van der Waals surface area contributed by atoms with Gasteiger partial charge in [0.05, 0.1) is 0 Å². The van der Waals surface area contributed by atoms with Gasteiger partial charge in [-0.2, -0.15) is 0 Å². The second-order valence-electron chi connectivity index (χ2n) is 5.76. The molecule has 2 aromatic carbocycles. The highest BCUT2D eigenvalue weighted by atomic mass is 32.2. The molecular weight excluding hydrogens is 306 g/mol. The van der Waals surface area contributed by atoms with Crippen molar-refractivity contribution in [2.24, 2.45) is 0 Å². The zero-order chi connectivity index (χ0) is 16.2. The Labute approximate surface area is 141 Å². The third-order valence-corrected chi connectivity index (χ3v) is 4.76. The van der Waals surface area contributed by atoms with Crippen LogP contribution in [0.15, 0.2) is 53.4 Å². The molecule has 0 aliphatic carbocycles. The van der Waals surface area contributed by atoms with Crippen molar-refractivity contribution in [3.63, 3.8) is 0 Å². The molecule has 1 saturated heterocycles. The molecule has 1 aliphatic rings. The van der Waals surface area contributed by atoms with Crippen molar-refractivity contribution in [2.75, 3.05) is 11.6 Å². The summed E-state index contributed by atoms with van der Waals surface area (Å²) in [5.41, 5.74) is 9.59. The fourth-order valence-corrected chi connectivity index (χ4v) is 3.14. The van der Waals surface area contributed by atoms with E-state index in [1.54, 1.807) is 11.8 Å². The molecule has 0 bridgehead atoms. The second kappa shape index (κ2) is 7.17. The molecular formula is C18H21N3OS. The first-order chi connectivity index (χ1) is 11.2. The van der Waals surface area contributed by atoms with Gasteiger partial charge in [-0.1, -0.05) is 35.9 Å². The van der Waals surface area contributed by atoms with Crippen LogP contribution in [0.2, 0.25) is 0 Å². The van der Waals surface area contributed by atoms with Crippen molar-refractivity contribution in [3.05, 3.63) is 59.7 Å². The van der Waals surface area contributed by atoms with Crippen molar-refractivity contribution in [1.82, 2.24) is 10.9 Å². The third-order valence-electron chi connectivity index (χ3n) is 4.04. The summed E-state index contributed by atoms with van der Waals surface area (Å²) in [7, 11) is 0. The van der Waals surface area contributed by atoms with E-state index in [1.807, 2.05) is 30.5 Å².